The number of likely N-dealkylation sites (tertiary alicyclic amines) is 1. The summed E-state index contributed by atoms with van der Waals surface area (Å²) in [6.07, 6.45) is 3.86. The molecule has 1 heterocycles. The second-order valence-corrected chi connectivity index (χ2v) is 8.44. The number of benzene rings is 1. The first-order chi connectivity index (χ1) is 15.5. The lowest BCUT2D eigenvalue weighted by Gasteiger charge is -2.26. The zero-order chi connectivity index (χ0) is 23.3. The van der Waals surface area contributed by atoms with Crippen LogP contribution in [0.25, 0.3) is 0 Å². The smallest absolute Gasteiger partial charge is 0.239 e. The fraction of sp³-hybridized carbons (Fsp3) is 0.667. The van der Waals surface area contributed by atoms with Gasteiger partial charge >= 0.3 is 0 Å². The van der Waals surface area contributed by atoms with E-state index in [4.69, 9.17) is 9.47 Å². The van der Waals surface area contributed by atoms with Crippen molar-refractivity contribution in [2.24, 2.45) is 4.99 Å². The lowest BCUT2D eigenvalue weighted by Crippen LogP contribution is -2.44. The van der Waals surface area contributed by atoms with Crippen molar-refractivity contribution in [3.63, 3.8) is 0 Å². The molecule has 2 N–H and O–H groups in total. The molecule has 1 aliphatic heterocycles. The average molecular weight is 576 g/mol. The summed E-state index contributed by atoms with van der Waals surface area (Å²) in [5.41, 5.74) is 2.27. The molecule has 1 unspecified atom stereocenters. The van der Waals surface area contributed by atoms with E-state index in [-0.39, 0.29) is 35.9 Å². The van der Waals surface area contributed by atoms with E-state index >= 15 is 0 Å². The summed E-state index contributed by atoms with van der Waals surface area (Å²) in [5, 5.41) is 6.76. The quantitative estimate of drug-likeness (QED) is 0.173. The lowest BCUT2D eigenvalue weighted by atomic mass is 10.1. The number of nitrogens with zero attached hydrogens (tertiary/aromatic N) is 3. The van der Waals surface area contributed by atoms with Crippen LogP contribution in [0.15, 0.2) is 23.2 Å². The van der Waals surface area contributed by atoms with Gasteiger partial charge in [0.2, 0.25) is 5.91 Å². The van der Waals surface area contributed by atoms with Crippen LogP contribution in [-0.4, -0.2) is 88.8 Å². The van der Waals surface area contributed by atoms with E-state index in [1.54, 1.807) is 19.1 Å². The van der Waals surface area contributed by atoms with Gasteiger partial charge in [0.25, 0.3) is 0 Å². The Labute approximate surface area is 216 Å². The van der Waals surface area contributed by atoms with Gasteiger partial charge < -0.3 is 25.0 Å². The number of hydrogen-bond acceptors (Lipinski definition) is 5. The number of carbonyl (C=O) groups excluding carboxylic acids is 1. The molecule has 0 saturated carbocycles. The fourth-order valence-corrected chi connectivity index (χ4v) is 3.89. The molecule has 188 valence electrons. The van der Waals surface area contributed by atoms with Crippen LogP contribution < -0.4 is 15.4 Å². The number of hydrogen-bond donors (Lipinski definition) is 2. The fourth-order valence-electron chi connectivity index (χ4n) is 3.89. The first kappa shape index (κ1) is 29.4. The summed E-state index contributed by atoms with van der Waals surface area (Å²) in [6.45, 7) is 6.72. The molecule has 0 radical (unpaired) electrons. The monoisotopic (exact) mass is 575 g/mol. The van der Waals surface area contributed by atoms with Gasteiger partial charge in [0.1, 0.15) is 5.75 Å². The van der Waals surface area contributed by atoms with Crippen LogP contribution in [0.3, 0.4) is 0 Å². The van der Waals surface area contributed by atoms with Gasteiger partial charge in [-0.3, -0.25) is 14.7 Å². The number of amides is 1. The Bertz CT molecular complexity index is 745. The summed E-state index contributed by atoms with van der Waals surface area (Å²) >= 11 is 0. The molecule has 0 aliphatic carbocycles. The third kappa shape index (κ3) is 10.1. The number of rotatable bonds is 12. The Morgan fingerprint density at radius 1 is 1.24 bits per heavy atom. The molecule has 1 aromatic carbocycles. The maximum absolute atomic E-state index is 12.3. The molecule has 0 bridgehead atoms. The third-order valence-electron chi connectivity index (χ3n) is 5.65. The van der Waals surface area contributed by atoms with E-state index in [1.165, 1.54) is 5.56 Å². The number of carbonyl (C=O) groups is 1. The summed E-state index contributed by atoms with van der Waals surface area (Å²) in [7, 11) is 7.15. The van der Waals surface area contributed by atoms with Crippen LogP contribution in [-0.2, 0) is 16.1 Å². The summed E-state index contributed by atoms with van der Waals surface area (Å²) in [6, 6.07) is 6.29. The van der Waals surface area contributed by atoms with Gasteiger partial charge in [-0.1, -0.05) is 12.1 Å². The molecule has 1 saturated heterocycles. The third-order valence-corrected chi connectivity index (χ3v) is 5.65. The highest BCUT2D eigenvalue weighted by molar-refractivity contribution is 14.0. The highest BCUT2D eigenvalue weighted by Crippen LogP contribution is 2.21. The lowest BCUT2D eigenvalue weighted by molar-refractivity contribution is -0.133. The van der Waals surface area contributed by atoms with Crippen LogP contribution in [0.1, 0.15) is 36.8 Å². The number of likely N-dealkylation sites (N-methyl/N-ethyl adjacent to an activating group) is 1. The minimum atomic E-state index is 0. The minimum absolute atomic E-state index is 0. The normalized spacial score (nSPS) is 16.3. The Hall–Kier alpha value is -1.59. The number of aliphatic imine (C=N–C) groups is 1. The zero-order valence-corrected chi connectivity index (χ0v) is 23.2. The van der Waals surface area contributed by atoms with Crippen LogP contribution in [0, 0.1) is 6.92 Å². The first-order valence-electron chi connectivity index (χ1n) is 11.6. The van der Waals surface area contributed by atoms with Crippen LogP contribution in [0.5, 0.6) is 5.75 Å². The number of methoxy groups -OCH3 is 1. The second kappa shape index (κ2) is 16.1. The van der Waals surface area contributed by atoms with Crippen molar-refractivity contribution in [1.82, 2.24) is 20.4 Å². The van der Waals surface area contributed by atoms with Gasteiger partial charge in [0.15, 0.2) is 5.96 Å². The maximum Gasteiger partial charge on any atom is 0.239 e. The van der Waals surface area contributed by atoms with Gasteiger partial charge in [-0.25, -0.2) is 0 Å². The predicted molar refractivity (Wildman–Crippen MR) is 145 cm³/mol. The van der Waals surface area contributed by atoms with Gasteiger partial charge in [-0.15, -0.1) is 24.0 Å². The average Bonchev–Trinajstić information content (AvgIpc) is 3.25. The van der Waals surface area contributed by atoms with Gasteiger partial charge in [0.05, 0.1) is 12.6 Å². The Morgan fingerprint density at radius 3 is 2.73 bits per heavy atom. The molecule has 0 aromatic heterocycles. The highest BCUT2D eigenvalue weighted by atomic mass is 127. The molecule has 9 heteroatoms. The van der Waals surface area contributed by atoms with Crippen molar-refractivity contribution in [1.29, 1.82) is 0 Å². The Balaban J connectivity index is 0.00000544. The highest BCUT2D eigenvalue weighted by Gasteiger charge is 2.30. The van der Waals surface area contributed by atoms with Crippen molar-refractivity contribution in [3.8, 4) is 5.75 Å². The molecule has 1 amide bonds. The number of halogens is 1. The van der Waals surface area contributed by atoms with E-state index < -0.39 is 0 Å². The molecule has 33 heavy (non-hydrogen) atoms. The summed E-state index contributed by atoms with van der Waals surface area (Å²) < 4.78 is 11.1. The molecular weight excluding hydrogens is 533 g/mol. The zero-order valence-electron chi connectivity index (χ0n) is 20.9. The number of nitrogens with one attached hydrogen (secondary N) is 2. The van der Waals surface area contributed by atoms with Crippen molar-refractivity contribution in [2.45, 2.75) is 45.2 Å². The van der Waals surface area contributed by atoms with Crippen LogP contribution in [0.2, 0.25) is 0 Å². The summed E-state index contributed by atoms with van der Waals surface area (Å²) in [5.74, 6) is 1.87. The van der Waals surface area contributed by atoms with Crippen LogP contribution >= 0.6 is 24.0 Å². The van der Waals surface area contributed by atoms with Crippen molar-refractivity contribution < 1.29 is 14.3 Å². The van der Waals surface area contributed by atoms with Crippen molar-refractivity contribution >= 4 is 35.8 Å². The predicted octanol–water partition coefficient (Wildman–Crippen LogP) is 2.64. The molecule has 1 aliphatic rings. The second-order valence-electron chi connectivity index (χ2n) is 8.44. The van der Waals surface area contributed by atoms with E-state index in [0.29, 0.717) is 19.8 Å². The van der Waals surface area contributed by atoms with Crippen LogP contribution in [0.4, 0.5) is 0 Å². The minimum Gasteiger partial charge on any atom is -0.493 e. The van der Waals surface area contributed by atoms with Crippen molar-refractivity contribution in [3.05, 3.63) is 29.3 Å². The van der Waals surface area contributed by atoms with Gasteiger partial charge in [-0.2, -0.15) is 0 Å². The number of ether oxygens (including phenoxy) is 2. The molecule has 8 nitrogen and oxygen atoms in total. The van der Waals surface area contributed by atoms with Crippen molar-refractivity contribution in [2.75, 3.05) is 61.1 Å². The molecule has 1 atom stereocenters. The SMILES string of the molecule is CN=C(NCCCN1CCCC1C(=O)N(C)C)NCc1ccc(C)cc1OCCCOC.I. The van der Waals surface area contributed by atoms with Gasteiger partial charge in [0, 0.05) is 66.5 Å². The summed E-state index contributed by atoms with van der Waals surface area (Å²) in [4.78, 5) is 20.7. The largest absolute Gasteiger partial charge is 0.493 e. The van der Waals surface area contributed by atoms with Gasteiger partial charge in [-0.05, 0) is 44.4 Å². The van der Waals surface area contributed by atoms with E-state index in [1.807, 2.05) is 14.1 Å². The molecule has 2 rings (SSSR count). The van der Waals surface area contributed by atoms with E-state index in [9.17, 15) is 4.79 Å². The maximum atomic E-state index is 12.3. The Morgan fingerprint density at radius 2 is 2.03 bits per heavy atom. The van der Waals surface area contributed by atoms with E-state index in [0.717, 1.165) is 62.6 Å². The Kier molecular flexibility index (Phi) is 14.4. The number of aryl methyl sites for hydroxylation is 1. The first-order valence-corrected chi connectivity index (χ1v) is 11.6. The molecular formula is C24H42IN5O3. The molecule has 1 aromatic rings. The molecule has 0 spiro atoms. The standard InChI is InChI=1S/C24H41N5O3.HI/c1-19-10-11-20(22(17-19)32-16-8-15-31-5)18-27-24(25-2)26-12-7-14-29-13-6-9-21(29)23(30)28(3)4;/h10-11,17,21H,6-9,12-16,18H2,1-5H3,(H2,25,26,27);1H. The topological polar surface area (TPSA) is 78.4 Å². The van der Waals surface area contributed by atoms with E-state index in [2.05, 4.69) is 45.6 Å². The molecule has 1 fully saturated rings. The number of guanidine groups is 1.